The first-order chi connectivity index (χ1) is 13.1. The Labute approximate surface area is 164 Å². The molecule has 0 saturated heterocycles. The number of H-pyrrole nitrogens is 1. The van der Waals surface area contributed by atoms with Gasteiger partial charge in [-0.1, -0.05) is 48.0 Å². The molecule has 0 aliphatic heterocycles. The number of rotatable bonds is 7. The van der Waals surface area contributed by atoms with Gasteiger partial charge in [-0.2, -0.15) is 0 Å². The summed E-state index contributed by atoms with van der Waals surface area (Å²) in [5, 5.41) is 0.679. The molecule has 5 nitrogen and oxygen atoms in total. The van der Waals surface area contributed by atoms with Gasteiger partial charge in [-0.3, -0.25) is 0 Å². The number of hydrogen-bond donors (Lipinski definition) is 1. The number of nitrogens with one attached hydrogen (secondary N) is 1. The van der Waals surface area contributed by atoms with E-state index in [0.717, 1.165) is 23.2 Å². The second kappa shape index (κ2) is 9.24. The summed E-state index contributed by atoms with van der Waals surface area (Å²) in [5.41, 5.74) is 4.41. The highest BCUT2D eigenvalue weighted by atomic mass is 35.5. The Morgan fingerprint density at radius 3 is 2.67 bits per heavy atom. The second-order valence-electron chi connectivity index (χ2n) is 6.42. The van der Waals surface area contributed by atoms with Crippen molar-refractivity contribution in [3.8, 4) is 0 Å². The zero-order valence-electron chi connectivity index (χ0n) is 15.2. The molecule has 0 aliphatic carbocycles. The minimum absolute atomic E-state index is 0.335. The number of imidazole rings is 1. The van der Waals surface area contributed by atoms with Gasteiger partial charge in [0.25, 0.3) is 0 Å². The molecule has 2 aromatic carbocycles. The highest BCUT2D eigenvalue weighted by Gasteiger charge is 2.10. The van der Waals surface area contributed by atoms with Crippen molar-refractivity contribution in [3.05, 3.63) is 88.5 Å². The highest BCUT2D eigenvalue weighted by Crippen LogP contribution is 2.12. The Morgan fingerprint density at radius 1 is 1.15 bits per heavy atom. The van der Waals surface area contributed by atoms with Crippen LogP contribution in [0.4, 0.5) is 4.79 Å². The maximum Gasteiger partial charge on any atom is 0.409 e. The largest absolute Gasteiger partial charge is 0.449 e. The number of aromatic nitrogens is 2. The molecule has 140 valence electrons. The summed E-state index contributed by atoms with van der Waals surface area (Å²) < 4.78 is 5.39. The van der Waals surface area contributed by atoms with E-state index < -0.39 is 0 Å². The third-order valence-corrected chi connectivity index (χ3v) is 4.45. The van der Waals surface area contributed by atoms with Crippen LogP contribution in [0.2, 0.25) is 5.02 Å². The predicted molar refractivity (Wildman–Crippen MR) is 106 cm³/mol. The predicted octanol–water partition coefficient (Wildman–Crippen LogP) is 4.47. The van der Waals surface area contributed by atoms with Gasteiger partial charge in [0.1, 0.15) is 0 Å². The average molecular weight is 384 g/mol. The Balaban J connectivity index is 1.46. The van der Waals surface area contributed by atoms with Crippen LogP contribution >= 0.6 is 11.6 Å². The summed E-state index contributed by atoms with van der Waals surface area (Å²) in [5.74, 6) is 0. The fourth-order valence-corrected chi connectivity index (χ4v) is 2.92. The molecule has 0 atom stereocenters. The van der Waals surface area contributed by atoms with Crippen LogP contribution in [0.3, 0.4) is 0 Å². The third kappa shape index (κ3) is 5.86. The number of aromatic amines is 1. The number of nitrogens with zero attached hydrogens (tertiary/aromatic N) is 2. The molecule has 1 amide bonds. The van der Waals surface area contributed by atoms with Crippen molar-refractivity contribution < 1.29 is 9.53 Å². The molecule has 3 rings (SSSR count). The summed E-state index contributed by atoms with van der Waals surface area (Å²) in [6.07, 6.45) is 4.65. The molecule has 3 aromatic rings. The molecule has 1 heterocycles. The maximum absolute atomic E-state index is 12.1. The molecular formula is C21H22ClN3O2. The van der Waals surface area contributed by atoms with Gasteiger partial charge in [-0.15, -0.1) is 0 Å². The van der Waals surface area contributed by atoms with E-state index in [1.807, 2.05) is 42.6 Å². The number of carbonyl (C=O) groups excluding carboxylic acids is 1. The lowest BCUT2D eigenvalue weighted by molar-refractivity contribution is 0.110. The Morgan fingerprint density at radius 2 is 1.93 bits per heavy atom. The van der Waals surface area contributed by atoms with E-state index in [4.69, 9.17) is 16.3 Å². The SMILES string of the molecule is CN(Cc1ccc(Cl)cc1)C(=O)OCCc1cccc(Cc2cnc[nH]2)c1. The van der Waals surface area contributed by atoms with Gasteiger partial charge in [-0.05, 0) is 28.8 Å². The van der Waals surface area contributed by atoms with Gasteiger partial charge >= 0.3 is 6.09 Å². The fourth-order valence-electron chi connectivity index (χ4n) is 2.79. The van der Waals surface area contributed by atoms with Crippen molar-refractivity contribution in [3.63, 3.8) is 0 Å². The molecule has 6 heteroatoms. The lowest BCUT2D eigenvalue weighted by atomic mass is 10.1. The van der Waals surface area contributed by atoms with Crippen LogP contribution in [0.1, 0.15) is 22.4 Å². The summed E-state index contributed by atoms with van der Waals surface area (Å²) in [7, 11) is 1.72. The van der Waals surface area contributed by atoms with E-state index in [1.54, 1.807) is 18.3 Å². The number of halogens is 1. The van der Waals surface area contributed by atoms with Crippen LogP contribution in [-0.4, -0.2) is 34.6 Å². The Bertz CT molecular complexity index is 863. The molecule has 0 unspecified atom stereocenters. The molecule has 1 aromatic heterocycles. The van der Waals surface area contributed by atoms with Crippen LogP contribution < -0.4 is 0 Å². The lowest BCUT2D eigenvalue weighted by Gasteiger charge is -2.17. The minimum atomic E-state index is -0.335. The second-order valence-corrected chi connectivity index (χ2v) is 6.86. The van der Waals surface area contributed by atoms with Crippen LogP contribution in [0.5, 0.6) is 0 Å². The van der Waals surface area contributed by atoms with E-state index >= 15 is 0 Å². The normalized spacial score (nSPS) is 10.6. The first-order valence-corrected chi connectivity index (χ1v) is 9.15. The van der Waals surface area contributed by atoms with E-state index in [0.29, 0.717) is 24.6 Å². The van der Waals surface area contributed by atoms with Crippen LogP contribution in [0.15, 0.2) is 61.1 Å². The third-order valence-electron chi connectivity index (χ3n) is 4.20. The standard InChI is InChI=1S/C21H22ClN3O2/c1-25(14-17-5-7-19(22)8-6-17)21(26)27-10-9-16-3-2-4-18(11-16)12-20-13-23-15-24-20/h2-8,11,13,15H,9-10,12,14H2,1H3,(H,23,24). The summed E-state index contributed by atoms with van der Waals surface area (Å²) in [4.78, 5) is 20.8. The smallest absolute Gasteiger partial charge is 0.409 e. The summed E-state index contributed by atoms with van der Waals surface area (Å²) in [6.45, 7) is 0.826. The number of benzene rings is 2. The van der Waals surface area contributed by atoms with Crippen molar-refractivity contribution in [1.82, 2.24) is 14.9 Å². The van der Waals surface area contributed by atoms with Crippen molar-refractivity contribution in [2.24, 2.45) is 0 Å². The number of carbonyl (C=O) groups is 1. The van der Waals surface area contributed by atoms with Gasteiger partial charge in [0.05, 0.1) is 12.9 Å². The first kappa shape index (κ1) is 19.0. The quantitative estimate of drug-likeness (QED) is 0.655. The fraction of sp³-hybridized carbons (Fsp3) is 0.238. The van der Waals surface area contributed by atoms with Crippen LogP contribution in [0, 0.1) is 0 Å². The molecule has 1 N–H and O–H groups in total. The molecule has 0 bridgehead atoms. The molecule has 0 aliphatic rings. The van der Waals surface area contributed by atoms with Gasteiger partial charge < -0.3 is 14.6 Å². The molecular weight excluding hydrogens is 362 g/mol. The van der Waals surface area contributed by atoms with E-state index in [9.17, 15) is 4.79 Å². The van der Waals surface area contributed by atoms with Gasteiger partial charge in [0, 0.05) is 43.3 Å². The van der Waals surface area contributed by atoms with E-state index in [1.165, 1.54) is 5.56 Å². The molecule has 0 radical (unpaired) electrons. The monoisotopic (exact) mass is 383 g/mol. The van der Waals surface area contributed by atoms with Gasteiger partial charge in [0.2, 0.25) is 0 Å². The first-order valence-electron chi connectivity index (χ1n) is 8.77. The molecule has 0 spiro atoms. The number of amides is 1. The number of ether oxygens (including phenoxy) is 1. The Kier molecular flexibility index (Phi) is 6.49. The van der Waals surface area contributed by atoms with Gasteiger partial charge in [-0.25, -0.2) is 9.78 Å². The maximum atomic E-state index is 12.1. The van der Waals surface area contributed by atoms with Crippen molar-refractivity contribution >= 4 is 17.7 Å². The lowest BCUT2D eigenvalue weighted by Crippen LogP contribution is -2.27. The van der Waals surface area contributed by atoms with Gasteiger partial charge in [0.15, 0.2) is 0 Å². The zero-order chi connectivity index (χ0) is 19.1. The zero-order valence-corrected chi connectivity index (χ0v) is 15.9. The molecule has 27 heavy (non-hydrogen) atoms. The summed E-state index contributed by atoms with van der Waals surface area (Å²) in [6, 6.07) is 15.7. The van der Waals surface area contributed by atoms with E-state index in [-0.39, 0.29) is 6.09 Å². The molecule has 0 fully saturated rings. The Hall–Kier alpha value is -2.79. The summed E-state index contributed by atoms with van der Waals surface area (Å²) >= 11 is 5.88. The molecule has 0 saturated carbocycles. The van der Waals surface area contributed by atoms with E-state index in [2.05, 4.69) is 22.1 Å². The van der Waals surface area contributed by atoms with Crippen molar-refractivity contribution in [2.75, 3.05) is 13.7 Å². The van der Waals surface area contributed by atoms with Crippen molar-refractivity contribution in [2.45, 2.75) is 19.4 Å². The van der Waals surface area contributed by atoms with Crippen LogP contribution in [0.25, 0.3) is 0 Å². The van der Waals surface area contributed by atoms with Crippen LogP contribution in [-0.2, 0) is 24.1 Å². The average Bonchev–Trinajstić information content (AvgIpc) is 3.17. The van der Waals surface area contributed by atoms with Crippen molar-refractivity contribution in [1.29, 1.82) is 0 Å². The minimum Gasteiger partial charge on any atom is -0.449 e. The highest BCUT2D eigenvalue weighted by molar-refractivity contribution is 6.30. The number of hydrogen-bond acceptors (Lipinski definition) is 3. The topological polar surface area (TPSA) is 58.2 Å².